The Bertz CT molecular complexity index is 422. The number of rotatable bonds is 7. The third-order valence-corrected chi connectivity index (χ3v) is 4.97. The number of ether oxygens (including phenoxy) is 2. The van der Waals surface area contributed by atoms with Gasteiger partial charge in [-0.15, -0.1) is 0 Å². The second-order valence-electron chi connectivity index (χ2n) is 6.88. The molecule has 6 heteroatoms. The molecule has 1 N–H and O–H groups in total. The van der Waals surface area contributed by atoms with Crippen LogP contribution >= 0.6 is 0 Å². The minimum atomic E-state index is -0.120. The predicted octanol–water partition coefficient (Wildman–Crippen LogP) is 2.04. The van der Waals surface area contributed by atoms with E-state index in [0.717, 1.165) is 38.6 Å². The van der Waals surface area contributed by atoms with Gasteiger partial charge in [-0.2, -0.15) is 0 Å². The number of hydrogen-bond acceptors (Lipinski definition) is 4. The number of hydrogen-bond donors (Lipinski definition) is 1. The second-order valence-corrected chi connectivity index (χ2v) is 6.88. The van der Waals surface area contributed by atoms with E-state index in [-0.39, 0.29) is 17.8 Å². The van der Waals surface area contributed by atoms with Gasteiger partial charge >= 0.3 is 5.97 Å². The van der Waals surface area contributed by atoms with Gasteiger partial charge in [0.1, 0.15) is 0 Å². The molecular weight excluding hydrogens is 306 g/mol. The average molecular weight is 339 g/mol. The average Bonchev–Trinajstić information content (AvgIpc) is 3.22. The summed E-state index contributed by atoms with van der Waals surface area (Å²) in [7, 11) is 1.46. The summed E-state index contributed by atoms with van der Waals surface area (Å²) in [6, 6.07) is 0. The Morgan fingerprint density at radius 1 is 1.29 bits per heavy atom. The molecule has 6 nitrogen and oxygen atoms in total. The molecule has 2 atom stereocenters. The van der Waals surface area contributed by atoms with E-state index in [1.807, 2.05) is 0 Å². The number of carbonyl (C=O) groups is 1. The standard InChI is InChI=1S/C18H33N3O3/c1-4-19-18(20-10-7-11-24-15-8-5-6-9-15)21-12-14(2)16(13-21)17(22)23-3/h14-16H,4-13H2,1-3H3,(H,19,20). The topological polar surface area (TPSA) is 63.2 Å². The third kappa shape index (κ3) is 5.36. The molecule has 1 aliphatic carbocycles. The summed E-state index contributed by atoms with van der Waals surface area (Å²) in [6.07, 6.45) is 6.46. The van der Waals surface area contributed by atoms with Gasteiger partial charge in [0.15, 0.2) is 5.96 Å². The number of methoxy groups -OCH3 is 1. The molecule has 0 spiro atoms. The van der Waals surface area contributed by atoms with E-state index < -0.39 is 0 Å². The van der Waals surface area contributed by atoms with Crippen LogP contribution in [0.15, 0.2) is 4.99 Å². The summed E-state index contributed by atoms with van der Waals surface area (Å²) < 4.78 is 10.8. The summed E-state index contributed by atoms with van der Waals surface area (Å²) in [5.74, 6) is 0.999. The van der Waals surface area contributed by atoms with Crippen LogP contribution in [0.1, 0.15) is 46.0 Å². The zero-order chi connectivity index (χ0) is 17.4. The SMILES string of the molecule is CCNC(=NCCCOC1CCCC1)N1CC(C)C(C(=O)OC)C1. The first-order valence-corrected chi connectivity index (χ1v) is 9.38. The van der Waals surface area contributed by atoms with Crippen molar-refractivity contribution in [1.82, 2.24) is 10.2 Å². The van der Waals surface area contributed by atoms with Gasteiger partial charge in [0, 0.05) is 32.8 Å². The van der Waals surface area contributed by atoms with E-state index >= 15 is 0 Å². The van der Waals surface area contributed by atoms with E-state index in [9.17, 15) is 4.79 Å². The lowest BCUT2D eigenvalue weighted by Gasteiger charge is -2.21. The molecule has 0 amide bonds. The van der Waals surface area contributed by atoms with Crippen LogP contribution in [0, 0.1) is 11.8 Å². The molecular formula is C18H33N3O3. The van der Waals surface area contributed by atoms with Gasteiger partial charge in [-0.3, -0.25) is 9.79 Å². The number of likely N-dealkylation sites (tertiary alicyclic amines) is 1. The fourth-order valence-electron chi connectivity index (χ4n) is 3.58. The van der Waals surface area contributed by atoms with Crippen LogP contribution in [0.4, 0.5) is 0 Å². The molecule has 0 aromatic carbocycles. The molecule has 2 unspecified atom stereocenters. The third-order valence-electron chi connectivity index (χ3n) is 4.97. The van der Waals surface area contributed by atoms with Crippen LogP contribution in [0.3, 0.4) is 0 Å². The van der Waals surface area contributed by atoms with Crippen molar-refractivity contribution in [3.63, 3.8) is 0 Å². The molecule has 2 fully saturated rings. The number of guanidine groups is 1. The minimum Gasteiger partial charge on any atom is -0.469 e. The van der Waals surface area contributed by atoms with Gasteiger partial charge in [-0.25, -0.2) is 0 Å². The zero-order valence-corrected chi connectivity index (χ0v) is 15.4. The maximum Gasteiger partial charge on any atom is 0.310 e. The van der Waals surface area contributed by atoms with Crippen LogP contribution in [0.5, 0.6) is 0 Å². The van der Waals surface area contributed by atoms with E-state index in [1.165, 1.54) is 32.8 Å². The van der Waals surface area contributed by atoms with Crippen molar-refractivity contribution in [3.05, 3.63) is 0 Å². The lowest BCUT2D eigenvalue weighted by atomic mass is 9.99. The van der Waals surface area contributed by atoms with Gasteiger partial charge in [0.05, 0.1) is 19.1 Å². The Balaban J connectivity index is 1.78. The highest BCUT2D eigenvalue weighted by Crippen LogP contribution is 2.24. The van der Waals surface area contributed by atoms with Gasteiger partial charge in [-0.05, 0) is 32.1 Å². The Morgan fingerprint density at radius 2 is 2.04 bits per heavy atom. The molecule has 1 saturated carbocycles. The number of nitrogens with zero attached hydrogens (tertiary/aromatic N) is 2. The Labute approximate surface area is 146 Å². The molecule has 0 aromatic rings. The monoisotopic (exact) mass is 339 g/mol. The van der Waals surface area contributed by atoms with Gasteiger partial charge < -0.3 is 19.7 Å². The number of carbonyl (C=O) groups excluding carboxylic acids is 1. The Morgan fingerprint density at radius 3 is 2.71 bits per heavy atom. The van der Waals surface area contributed by atoms with Gasteiger partial charge in [0.2, 0.25) is 0 Å². The lowest BCUT2D eigenvalue weighted by Crippen LogP contribution is -2.40. The molecule has 2 aliphatic rings. The molecule has 1 saturated heterocycles. The van der Waals surface area contributed by atoms with E-state index in [0.29, 0.717) is 12.6 Å². The highest BCUT2D eigenvalue weighted by Gasteiger charge is 2.36. The van der Waals surface area contributed by atoms with E-state index in [4.69, 9.17) is 14.5 Å². The fourth-order valence-corrected chi connectivity index (χ4v) is 3.58. The predicted molar refractivity (Wildman–Crippen MR) is 95.0 cm³/mol. The second kappa shape index (κ2) is 9.87. The lowest BCUT2D eigenvalue weighted by molar-refractivity contribution is -0.145. The minimum absolute atomic E-state index is 0.0652. The number of aliphatic imine (C=N–C) groups is 1. The summed E-state index contributed by atoms with van der Waals surface area (Å²) in [4.78, 5) is 18.7. The molecule has 24 heavy (non-hydrogen) atoms. The Kier molecular flexibility index (Phi) is 7.82. The molecule has 0 aromatic heterocycles. The highest BCUT2D eigenvalue weighted by atomic mass is 16.5. The summed E-state index contributed by atoms with van der Waals surface area (Å²) >= 11 is 0. The smallest absolute Gasteiger partial charge is 0.310 e. The maximum absolute atomic E-state index is 11.8. The normalized spacial score (nSPS) is 25.3. The molecule has 1 heterocycles. The first-order valence-electron chi connectivity index (χ1n) is 9.38. The van der Waals surface area contributed by atoms with Crippen molar-refractivity contribution in [2.24, 2.45) is 16.8 Å². The van der Waals surface area contributed by atoms with E-state index in [2.05, 4.69) is 24.1 Å². The number of esters is 1. The molecule has 0 radical (unpaired) electrons. The highest BCUT2D eigenvalue weighted by molar-refractivity contribution is 5.82. The van der Waals surface area contributed by atoms with E-state index in [1.54, 1.807) is 0 Å². The molecule has 1 aliphatic heterocycles. The van der Waals surface area contributed by atoms with Gasteiger partial charge in [-0.1, -0.05) is 19.8 Å². The summed E-state index contributed by atoms with van der Waals surface area (Å²) in [5.41, 5.74) is 0. The fraction of sp³-hybridized carbons (Fsp3) is 0.889. The zero-order valence-electron chi connectivity index (χ0n) is 15.4. The summed E-state index contributed by atoms with van der Waals surface area (Å²) in [6.45, 7) is 8.04. The van der Waals surface area contributed by atoms with Crippen LogP contribution in [0.25, 0.3) is 0 Å². The first kappa shape index (κ1) is 19.0. The summed E-state index contributed by atoms with van der Waals surface area (Å²) in [5, 5.41) is 3.34. The van der Waals surface area contributed by atoms with Crippen molar-refractivity contribution in [2.45, 2.75) is 52.1 Å². The number of nitrogens with one attached hydrogen (secondary N) is 1. The maximum atomic E-state index is 11.8. The molecule has 2 rings (SSSR count). The van der Waals surface area contributed by atoms with Crippen molar-refractivity contribution < 1.29 is 14.3 Å². The molecule has 0 bridgehead atoms. The Hall–Kier alpha value is -1.30. The molecule has 138 valence electrons. The van der Waals surface area contributed by atoms with Gasteiger partial charge in [0.25, 0.3) is 0 Å². The van der Waals surface area contributed by atoms with Crippen molar-refractivity contribution in [2.75, 3.05) is 39.9 Å². The van der Waals surface area contributed by atoms with Crippen molar-refractivity contribution in [3.8, 4) is 0 Å². The largest absolute Gasteiger partial charge is 0.469 e. The first-order chi connectivity index (χ1) is 11.7. The van der Waals surface area contributed by atoms with Crippen LogP contribution < -0.4 is 5.32 Å². The van der Waals surface area contributed by atoms with Crippen LogP contribution in [-0.2, 0) is 14.3 Å². The quantitative estimate of drug-likeness (QED) is 0.333. The van der Waals surface area contributed by atoms with Crippen molar-refractivity contribution in [1.29, 1.82) is 0 Å². The van der Waals surface area contributed by atoms with Crippen molar-refractivity contribution >= 4 is 11.9 Å². The van der Waals surface area contributed by atoms with Crippen LogP contribution in [0.2, 0.25) is 0 Å². The van der Waals surface area contributed by atoms with Crippen LogP contribution in [-0.4, -0.2) is 62.8 Å².